The summed E-state index contributed by atoms with van der Waals surface area (Å²) in [6.45, 7) is 18.4. The van der Waals surface area contributed by atoms with Crippen molar-refractivity contribution < 1.29 is 14.0 Å². The molecule has 0 aliphatic carbocycles. The van der Waals surface area contributed by atoms with E-state index in [1.54, 1.807) is 4.57 Å². The fourth-order valence-corrected chi connectivity index (χ4v) is 10.5. The summed E-state index contributed by atoms with van der Waals surface area (Å²) in [6, 6.07) is 25.6. The van der Waals surface area contributed by atoms with Crippen LogP contribution < -0.4 is 15.3 Å². The molecule has 0 atom stereocenters. The number of hydrogen-bond acceptors (Lipinski definition) is 5. The van der Waals surface area contributed by atoms with Gasteiger partial charge in [0.15, 0.2) is 0 Å². The third-order valence-electron chi connectivity index (χ3n) is 7.80. The Morgan fingerprint density at radius 2 is 1.44 bits per heavy atom. The van der Waals surface area contributed by atoms with Crippen molar-refractivity contribution in [2.45, 2.75) is 78.1 Å². The average molecular weight is 570 g/mol. The Morgan fingerprint density at radius 3 is 1.93 bits per heavy atom. The molecule has 5 rings (SSSR count). The first kappa shape index (κ1) is 29.1. The zero-order valence-corrected chi connectivity index (χ0v) is 26.6. The van der Waals surface area contributed by atoms with E-state index in [1.165, 1.54) is 10.4 Å². The maximum absolute atomic E-state index is 13.0. The second-order valence-electron chi connectivity index (χ2n) is 13.4. The van der Waals surface area contributed by atoms with Crippen molar-refractivity contribution in [3.8, 4) is 0 Å². The van der Waals surface area contributed by atoms with Gasteiger partial charge in [-0.15, -0.1) is 0 Å². The van der Waals surface area contributed by atoms with Crippen molar-refractivity contribution in [3.05, 3.63) is 84.6 Å². The number of carbonyl (C=O) groups excluding carboxylic acids is 1. The second kappa shape index (κ2) is 10.8. The van der Waals surface area contributed by atoms with E-state index in [0.717, 1.165) is 35.5 Å². The molecule has 7 heteroatoms. The van der Waals surface area contributed by atoms with Gasteiger partial charge in [0.05, 0.1) is 17.1 Å². The first-order valence-electron chi connectivity index (χ1n) is 14.6. The van der Waals surface area contributed by atoms with Gasteiger partial charge in [-0.25, -0.2) is 9.78 Å². The number of carbonyl (C=O) groups is 1. The Labute approximate surface area is 245 Å². The number of rotatable bonds is 6. The molecule has 0 N–H and O–H groups in total. The minimum atomic E-state index is -2.61. The van der Waals surface area contributed by atoms with Crippen molar-refractivity contribution in [1.29, 1.82) is 0 Å². The second-order valence-corrected chi connectivity index (χ2v) is 17.7. The molecule has 1 aliphatic heterocycles. The molecule has 1 fully saturated rings. The molecule has 0 bridgehead atoms. The molecule has 1 aliphatic rings. The summed E-state index contributed by atoms with van der Waals surface area (Å²) >= 11 is 0. The van der Waals surface area contributed by atoms with Crippen LogP contribution in [0.5, 0.6) is 0 Å². The van der Waals surface area contributed by atoms with Crippen molar-refractivity contribution in [3.63, 3.8) is 0 Å². The summed E-state index contributed by atoms with van der Waals surface area (Å²) in [5.41, 5.74) is 2.08. The van der Waals surface area contributed by atoms with E-state index in [4.69, 9.17) is 14.1 Å². The van der Waals surface area contributed by atoms with Crippen LogP contribution in [0, 0.1) is 0 Å². The number of fused-ring (bicyclic) bond motifs is 1. The van der Waals surface area contributed by atoms with Gasteiger partial charge in [0, 0.05) is 19.3 Å². The largest absolute Gasteiger partial charge is 0.443 e. The zero-order chi connectivity index (χ0) is 29.6. The van der Waals surface area contributed by atoms with Gasteiger partial charge in [0.1, 0.15) is 11.4 Å². The monoisotopic (exact) mass is 569 g/mol. The summed E-state index contributed by atoms with van der Waals surface area (Å²) in [5.74, 6) is 1.12. The van der Waals surface area contributed by atoms with E-state index in [0.29, 0.717) is 0 Å². The molecular weight excluding hydrogens is 526 g/mol. The lowest BCUT2D eigenvalue weighted by Gasteiger charge is -2.50. The lowest BCUT2D eigenvalue weighted by atomic mass is 10.1. The van der Waals surface area contributed by atoms with Gasteiger partial charge in [-0.3, -0.25) is 4.57 Å². The number of hydrogen-bond donors (Lipinski definition) is 0. The van der Waals surface area contributed by atoms with Crippen molar-refractivity contribution in [1.82, 2.24) is 9.55 Å². The van der Waals surface area contributed by atoms with E-state index in [2.05, 4.69) is 100 Å². The fourth-order valence-electron chi connectivity index (χ4n) is 5.82. The Balaban J connectivity index is 1.43. The van der Waals surface area contributed by atoms with E-state index in [9.17, 15) is 4.79 Å². The molecule has 0 spiro atoms. The van der Waals surface area contributed by atoms with Crippen molar-refractivity contribution in [2.24, 2.45) is 0 Å². The van der Waals surface area contributed by atoms with Crippen LogP contribution in [-0.2, 0) is 9.16 Å². The highest BCUT2D eigenvalue weighted by Crippen LogP contribution is 2.39. The molecule has 0 unspecified atom stereocenters. The molecule has 1 saturated heterocycles. The Hall–Kier alpha value is -3.42. The predicted molar refractivity (Wildman–Crippen MR) is 170 cm³/mol. The molecule has 4 aromatic rings. The van der Waals surface area contributed by atoms with Crippen LogP contribution in [0.2, 0.25) is 5.04 Å². The Bertz CT molecular complexity index is 1470. The van der Waals surface area contributed by atoms with E-state index >= 15 is 0 Å². The third-order valence-corrected chi connectivity index (χ3v) is 12.9. The highest BCUT2D eigenvalue weighted by atomic mass is 28.4. The van der Waals surface area contributed by atoms with Gasteiger partial charge in [-0.05, 0) is 59.8 Å². The molecule has 0 saturated carbocycles. The van der Waals surface area contributed by atoms with Gasteiger partial charge in [-0.2, -0.15) is 0 Å². The molecule has 3 heterocycles. The molecule has 6 nitrogen and oxygen atoms in total. The summed E-state index contributed by atoms with van der Waals surface area (Å²) in [4.78, 5) is 20.3. The Kier molecular flexibility index (Phi) is 7.64. The maximum atomic E-state index is 13.0. The molecule has 41 heavy (non-hydrogen) atoms. The number of aromatic nitrogens is 2. The summed E-state index contributed by atoms with van der Waals surface area (Å²) < 4.78 is 14.6. The SMILES string of the molecule is CC(C)c1cn(C(=O)OC(C)(C)C)c2ccc(N3CC(O[Si](c4ccccc4)(c4ccccc4)C(C)(C)C)C3)nc12. The maximum Gasteiger partial charge on any atom is 0.419 e. The van der Waals surface area contributed by atoms with Crippen molar-refractivity contribution in [2.75, 3.05) is 18.0 Å². The fraction of sp³-hybridized carbons (Fsp3) is 0.412. The highest BCUT2D eigenvalue weighted by molar-refractivity contribution is 6.99. The highest BCUT2D eigenvalue weighted by Gasteiger charge is 2.52. The lowest BCUT2D eigenvalue weighted by Crippen LogP contribution is -2.70. The lowest BCUT2D eigenvalue weighted by molar-refractivity contribution is 0.0544. The Morgan fingerprint density at radius 1 is 0.878 bits per heavy atom. The minimum absolute atomic E-state index is 0.0654. The van der Waals surface area contributed by atoms with Crippen LogP contribution >= 0.6 is 0 Å². The third kappa shape index (κ3) is 5.57. The van der Waals surface area contributed by atoms with E-state index in [1.807, 2.05) is 39.1 Å². The van der Waals surface area contributed by atoms with Gasteiger partial charge >= 0.3 is 6.09 Å². The van der Waals surface area contributed by atoms with Crippen LogP contribution in [0.1, 0.15) is 66.9 Å². The number of benzene rings is 2. The molecular formula is C34H43N3O3Si. The van der Waals surface area contributed by atoms with Gasteiger partial charge in [-0.1, -0.05) is 95.3 Å². The number of anilines is 1. The summed E-state index contributed by atoms with van der Waals surface area (Å²) in [5, 5.41) is 2.52. The summed E-state index contributed by atoms with van der Waals surface area (Å²) in [7, 11) is -2.61. The first-order chi connectivity index (χ1) is 19.3. The van der Waals surface area contributed by atoms with Crippen LogP contribution in [-0.4, -0.2) is 48.8 Å². The van der Waals surface area contributed by atoms with Crippen LogP contribution in [0.15, 0.2) is 79.0 Å². The zero-order valence-electron chi connectivity index (χ0n) is 25.6. The van der Waals surface area contributed by atoms with Gasteiger partial charge in [0.25, 0.3) is 8.32 Å². The molecule has 0 amide bonds. The first-order valence-corrected chi connectivity index (χ1v) is 16.5. The molecule has 0 radical (unpaired) electrons. The summed E-state index contributed by atoms with van der Waals surface area (Å²) in [6.07, 6.45) is 1.59. The molecule has 216 valence electrons. The topological polar surface area (TPSA) is 56.6 Å². The number of ether oxygens (including phenoxy) is 1. The molecule has 2 aromatic heterocycles. The quantitative estimate of drug-likeness (QED) is 0.242. The van der Waals surface area contributed by atoms with Gasteiger partial charge < -0.3 is 14.1 Å². The smallest absolute Gasteiger partial charge is 0.419 e. The van der Waals surface area contributed by atoms with Crippen molar-refractivity contribution >= 4 is 41.6 Å². The van der Waals surface area contributed by atoms with E-state index in [-0.39, 0.29) is 23.2 Å². The minimum Gasteiger partial charge on any atom is -0.443 e. The average Bonchev–Trinajstić information content (AvgIpc) is 3.27. The van der Waals surface area contributed by atoms with Crippen LogP contribution in [0.4, 0.5) is 10.6 Å². The standard InChI is InChI=1S/C34H43N3O3Si/c1-24(2)28-23-37(32(38)39-33(3,4)5)29-19-20-30(35-31(28)29)36-21-25(22-36)40-41(34(6,7)8,26-15-11-9-12-16-26)27-17-13-10-14-18-27/h9-20,23-25H,21-22H2,1-8H3. The van der Waals surface area contributed by atoms with Crippen LogP contribution in [0.3, 0.4) is 0 Å². The molecule has 2 aromatic carbocycles. The number of nitrogens with zero attached hydrogens (tertiary/aromatic N) is 3. The predicted octanol–water partition coefficient (Wildman–Crippen LogP) is 6.71. The number of pyridine rings is 1. The van der Waals surface area contributed by atoms with E-state index < -0.39 is 13.9 Å². The van der Waals surface area contributed by atoms with Gasteiger partial charge in [0.2, 0.25) is 0 Å². The normalized spacial score (nSPS) is 14.9. The van der Waals surface area contributed by atoms with Crippen LogP contribution in [0.25, 0.3) is 11.0 Å².